The van der Waals surface area contributed by atoms with E-state index in [2.05, 4.69) is 0 Å². The molecule has 5 nitrogen and oxygen atoms in total. The number of aliphatic hydroxyl groups is 2. The molecule has 25 heavy (non-hydrogen) atoms. The van der Waals surface area contributed by atoms with Crippen LogP contribution in [0.5, 0.6) is 5.75 Å². The maximum absolute atomic E-state index is 11.7. The lowest BCUT2D eigenvalue weighted by atomic mass is 10.1. The van der Waals surface area contributed by atoms with Crippen molar-refractivity contribution in [3.8, 4) is 5.75 Å². The van der Waals surface area contributed by atoms with E-state index in [-0.39, 0.29) is 12.2 Å². The minimum Gasteiger partial charge on any atom is -0.421 e. The van der Waals surface area contributed by atoms with Gasteiger partial charge in [-0.15, -0.1) is 0 Å². The first-order valence-electron chi connectivity index (χ1n) is 8.13. The zero-order valence-corrected chi connectivity index (χ0v) is 14.5. The highest BCUT2D eigenvalue weighted by atomic mass is 16.5. The highest BCUT2D eigenvalue weighted by Gasteiger charge is 2.17. The van der Waals surface area contributed by atoms with Gasteiger partial charge in [0.1, 0.15) is 5.75 Å². The topological polar surface area (TPSA) is 83.8 Å². The highest BCUT2D eigenvalue weighted by molar-refractivity contribution is 6.41. The first-order valence-corrected chi connectivity index (χ1v) is 8.13. The minimum absolute atomic E-state index is 0.274. The van der Waals surface area contributed by atoms with E-state index in [1.807, 2.05) is 0 Å². The number of ether oxygens (including phenoxy) is 1. The second-order valence-electron chi connectivity index (χ2n) is 5.67. The Labute approximate surface area is 147 Å². The molecule has 0 spiro atoms. The molecule has 0 aromatic heterocycles. The van der Waals surface area contributed by atoms with E-state index >= 15 is 0 Å². The van der Waals surface area contributed by atoms with Gasteiger partial charge in [-0.05, 0) is 38.8 Å². The van der Waals surface area contributed by atoms with Crippen LogP contribution in [0.25, 0.3) is 0 Å². The van der Waals surface area contributed by atoms with Gasteiger partial charge in [-0.2, -0.15) is 0 Å². The fourth-order valence-electron chi connectivity index (χ4n) is 1.83. The number of rotatable bonds is 6. The van der Waals surface area contributed by atoms with Gasteiger partial charge in [-0.1, -0.05) is 48.5 Å². The number of ketones is 1. The van der Waals surface area contributed by atoms with Crippen LogP contribution in [0, 0.1) is 0 Å². The number of hydrogen-bond donors (Lipinski definition) is 2. The number of para-hydroxylation sites is 1. The Morgan fingerprint density at radius 2 is 1.28 bits per heavy atom. The van der Waals surface area contributed by atoms with Crippen molar-refractivity contribution in [2.45, 2.75) is 38.9 Å². The van der Waals surface area contributed by atoms with E-state index in [4.69, 9.17) is 14.9 Å². The molecule has 5 heteroatoms. The molecule has 0 saturated carbocycles. The number of esters is 1. The molecule has 0 bridgehead atoms. The standard InChI is InChI=1S/C14H10O3.C6H14O2/c15-13(11-7-3-1-4-8-11)14(16)17-12-9-5-2-6-10-12;1-5(7)3-4-6(2)8/h1-10H;5-8H,3-4H2,1-2H3. The predicted octanol–water partition coefficient (Wildman–Crippen LogP) is 3.00. The van der Waals surface area contributed by atoms with Crippen LogP contribution in [0.1, 0.15) is 37.0 Å². The Morgan fingerprint density at radius 1 is 0.840 bits per heavy atom. The van der Waals surface area contributed by atoms with Gasteiger partial charge >= 0.3 is 5.97 Å². The SMILES string of the molecule is CC(O)CCC(C)O.O=C(Oc1ccccc1)C(=O)c1ccccc1. The van der Waals surface area contributed by atoms with E-state index in [1.165, 1.54) is 0 Å². The molecule has 2 aromatic carbocycles. The molecule has 0 fully saturated rings. The third-order valence-electron chi connectivity index (χ3n) is 3.18. The van der Waals surface area contributed by atoms with E-state index in [9.17, 15) is 9.59 Å². The minimum atomic E-state index is -0.873. The number of aliphatic hydroxyl groups excluding tert-OH is 2. The quantitative estimate of drug-likeness (QED) is 0.364. The summed E-state index contributed by atoms with van der Waals surface area (Å²) in [6, 6.07) is 16.8. The van der Waals surface area contributed by atoms with Gasteiger partial charge in [0.15, 0.2) is 0 Å². The van der Waals surface area contributed by atoms with Crippen LogP contribution >= 0.6 is 0 Å². The maximum atomic E-state index is 11.7. The Kier molecular flexibility index (Phi) is 9.14. The van der Waals surface area contributed by atoms with Gasteiger partial charge in [0.25, 0.3) is 5.78 Å². The number of Topliss-reactive ketones (excluding diaryl/α,β-unsaturated/α-hetero) is 1. The average molecular weight is 344 g/mol. The van der Waals surface area contributed by atoms with Crippen LogP contribution in [0.3, 0.4) is 0 Å². The molecule has 2 atom stereocenters. The summed E-state index contributed by atoms with van der Waals surface area (Å²) in [5.41, 5.74) is 0.327. The first kappa shape index (κ1) is 20.5. The summed E-state index contributed by atoms with van der Waals surface area (Å²) in [6.07, 6.45) is 0.837. The second kappa shape index (κ2) is 11.1. The van der Waals surface area contributed by atoms with Crippen LogP contribution in [0.15, 0.2) is 60.7 Å². The molecule has 0 aliphatic heterocycles. The highest BCUT2D eigenvalue weighted by Crippen LogP contribution is 2.10. The summed E-state index contributed by atoms with van der Waals surface area (Å²) in [6.45, 7) is 3.45. The van der Waals surface area contributed by atoms with Crippen LogP contribution < -0.4 is 4.74 Å². The van der Waals surface area contributed by atoms with E-state index in [1.54, 1.807) is 74.5 Å². The Morgan fingerprint density at radius 3 is 1.72 bits per heavy atom. The number of carbonyl (C=O) groups excluding carboxylic acids is 2. The largest absolute Gasteiger partial charge is 0.421 e. The van der Waals surface area contributed by atoms with Gasteiger partial charge in [0.05, 0.1) is 12.2 Å². The van der Waals surface area contributed by atoms with E-state index < -0.39 is 11.8 Å². The molecule has 0 heterocycles. The summed E-state index contributed by atoms with van der Waals surface area (Å²) >= 11 is 0. The van der Waals surface area contributed by atoms with Crippen molar-refractivity contribution in [2.75, 3.05) is 0 Å². The first-order chi connectivity index (χ1) is 11.9. The van der Waals surface area contributed by atoms with Crippen molar-refractivity contribution >= 4 is 11.8 Å². The number of carbonyl (C=O) groups is 2. The number of benzene rings is 2. The molecular weight excluding hydrogens is 320 g/mol. The Balaban J connectivity index is 0.000000333. The van der Waals surface area contributed by atoms with Gasteiger partial charge in [0.2, 0.25) is 0 Å². The second-order valence-corrected chi connectivity index (χ2v) is 5.67. The van der Waals surface area contributed by atoms with Crippen molar-refractivity contribution in [3.05, 3.63) is 66.2 Å². The van der Waals surface area contributed by atoms with E-state index in [0.717, 1.165) is 0 Å². The molecule has 0 aliphatic carbocycles. The van der Waals surface area contributed by atoms with Crippen LogP contribution in [0.4, 0.5) is 0 Å². The molecule has 134 valence electrons. The third-order valence-corrected chi connectivity index (χ3v) is 3.18. The van der Waals surface area contributed by atoms with Crippen LogP contribution in [-0.4, -0.2) is 34.2 Å². The maximum Gasteiger partial charge on any atom is 0.385 e. The third kappa shape index (κ3) is 8.79. The molecule has 0 saturated heterocycles. The van der Waals surface area contributed by atoms with Gasteiger partial charge in [-0.25, -0.2) is 4.79 Å². The zero-order chi connectivity index (χ0) is 18.7. The molecule has 2 rings (SSSR count). The fraction of sp³-hybridized carbons (Fsp3) is 0.300. The van der Waals surface area contributed by atoms with E-state index in [0.29, 0.717) is 24.2 Å². The van der Waals surface area contributed by atoms with Gasteiger partial charge < -0.3 is 14.9 Å². The van der Waals surface area contributed by atoms with Crippen LogP contribution in [0.2, 0.25) is 0 Å². The summed E-state index contributed by atoms with van der Waals surface area (Å²) in [7, 11) is 0. The lowest BCUT2D eigenvalue weighted by Gasteiger charge is -2.04. The summed E-state index contributed by atoms with van der Waals surface area (Å²) in [5, 5.41) is 17.4. The fourth-order valence-corrected chi connectivity index (χ4v) is 1.83. The summed E-state index contributed by atoms with van der Waals surface area (Å²) < 4.78 is 4.94. The van der Waals surface area contributed by atoms with Gasteiger partial charge in [-0.3, -0.25) is 4.79 Å². The molecule has 2 aromatic rings. The van der Waals surface area contributed by atoms with Gasteiger partial charge in [0, 0.05) is 5.56 Å². The Bertz CT molecular complexity index is 628. The average Bonchev–Trinajstić information content (AvgIpc) is 2.61. The normalized spacial score (nSPS) is 12.3. The molecule has 0 radical (unpaired) electrons. The summed E-state index contributed by atoms with van der Waals surface area (Å²) in [4.78, 5) is 23.2. The Hall–Kier alpha value is -2.50. The van der Waals surface area contributed by atoms with Crippen molar-refractivity contribution in [1.29, 1.82) is 0 Å². The monoisotopic (exact) mass is 344 g/mol. The molecule has 2 unspecified atom stereocenters. The van der Waals surface area contributed by atoms with Crippen molar-refractivity contribution in [1.82, 2.24) is 0 Å². The number of hydrogen-bond acceptors (Lipinski definition) is 5. The van der Waals surface area contributed by atoms with Crippen LogP contribution in [-0.2, 0) is 4.79 Å². The van der Waals surface area contributed by atoms with Crippen molar-refractivity contribution < 1.29 is 24.5 Å². The zero-order valence-electron chi connectivity index (χ0n) is 14.5. The smallest absolute Gasteiger partial charge is 0.385 e. The lowest BCUT2D eigenvalue weighted by Crippen LogP contribution is -2.20. The molecule has 0 aliphatic rings. The summed E-state index contributed by atoms with van der Waals surface area (Å²) in [5.74, 6) is -1.15. The lowest BCUT2D eigenvalue weighted by molar-refractivity contribution is -0.129. The van der Waals surface area contributed by atoms with Crippen molar-refractivity contribution in [3.63, 3.8) is 0 Å². The molecule has 2 N–H and O–H groups in total. The predicted molar refractivity (Wildman–Crippen MR) is 95.4 cm³/mol. The molecule has 0 amide bonds. The van der Waals surface area contributed by atoms with Crippen molar-refractivity contribution in [2.24, 2.45) is 0 Å². The molecular formula is C20H24O5.